The smallest absolute Gasteiger partial charge is 0.317 e. The number of nitrogens with zero attached hydrogens (tertiary/aromatic N) is 4. The maximum absolute atomic E-state index is 12.4. The van der Waals surface area contributed by atoms with Gasteiger partial charge in [-0.3, -0.25) is 4.68 Å². The molecule has 1 aromatic heterocycles. The molecule has 134 valence electrons. The molecule has 0 spiro atoms. The van der Waals surface area contributed by atoms with Crippen LogP contribution in [0.3, 0.4) is 0 Å². The molecule has 0 radical (unpaired) electrons. The van der Waals surface area contributed by atoms with Gasteiger partial charge in [-0.15, -0.1) is 0 Å². The van der Waals surface area contributed by atoms with Gasteiger partial charge in [0.2, 0.25) is 0 Å². The van der Waals surface area contributed by atoms with Crippen LogP contribution in [0.25, 0.3) is 0 Å². The van der Waals surface area contributed by atoms with Crippen LogP contribution in [0.15, 0.2) is 42.7 Å². The Bertz CT molecular complexity index is 676. The molecule has 6 nitrogen and oxygen atoms in total. The minimum Gasteiger partial charge on any atom is -0.331 e. The summed E-state index contributed by atoms with van der Waals surface area (Å²) in [6.07, 6.45) is 3.84. The highest BCUT2D eigenvalue weighted by molar-refractivity contribution is 5.74. The van der Waals surface area contributed by atoms with Gasteiger partial charge in [-0.05, 0) is 19.0 Å². The summed E-state index contributed by atoms with van der Waals surface area (Å²) in [5, 5.41) is 7.51. The van der Waals surface area contributed by atoms with Crippen molar-refractivity contribution < 1.29 is 4.79 Å². The van der Waals surface area contributed by atoms with Gasteiger partial charge in [0.1, 0.15) is 0 Å². The number of hydrogen-bond acceptors (Lipinski definition) is 3. The lowest BCUT2D eigenvalue weighted by atomic mass is 10.2. The summed E-state index contributed by atoms with van der Waals surface area (Å²) in [7, 11) is 0. The van der Waals surface area contributed by atoms with Crippen LogP contribution >= 0.6 is 0 Å². The molecular weight excluding hydrogens is 314 g/mol. The molecule has 2 aromatic rings. The van der Waals surface area contributed by atoms with Crippen LogP contribution < -0.4 is 5.32 Å². The average molecular weight is 341 g/mol. The first kappa shape index (κ1) is 17.5. The number of hydrogen-bond donors (Lipinski definition) is 1. The van der Waals surface area contributed by atoms with E-state index in [4.69, 9.17) is 0 Å². The zero-order valence-electron chi connectivity index (χ0n) is 15.1. The summed E-state index contributed by atoms with van der Waals surface area (Å²) in [6.45, 7) is 9.43. The molecular formula is C19H27N5O. The molecule has 2 heterocycles. The SMILES string of the molecule is CCN1CCN(C(=O)NC(C)c2cnn(Cc3ccccc3)c2)CC1. The van der Waals surface area contributed by atoms with Crippen molar-refractivity contribution >= 4 is 6.03 Å². The monoisotopic (exact) mass is 341 g/mol. The van der Waals surface area contributed by atoms with Crippen molar-refractivity contribution in [2.45, 2.75) is 26.4 Å². The van der Waals surface area contributed by atoms with E-state index in [1.807, 2.05) is 47.1 Å². The minimum absolute atomic E-state index is 0.0130. The first-order chi connectivity index (χ1) is 12.2. The molecule has 1 saturated heterocycles. The molecule has 25 heavy (non-hydrogen) atoms. The zero-order chi connectivity index (χ0) is 17.6. The van der Waals surface area contributed by atoms with E-state index < -0.39 is 0 Å². The van der Waals surface area contributed by atoms with Gasteiger partial charge in [0.25, 0.3) is 0 Å². The Morgan fingerprint density at radius 3 is 2.60 bits per heavy atom. The van der Waals surface area contributed by atoms with Crippen LogP contribution in [0.5, 0.6) is 0 Å². The van der Waals surface area contributed by atoms with Crippen molar-refractivity contribution in [1.29, 1.82) is 0 Å². The largest absolute Gasteiger partial charge is 0.331 e. The third-order valence-electron chi connectivity index (χ3n) is 4.79. The minimum atomic E-state index is -0.0544. The molecule has 0 aliphatic carbocycles. The Morgan fingerprint density at radius 1 is 1.20 bits per heavy atom. The van der Waals surface area contributed by atoms with E-state index in [-0.39, 0.29) is 12.1 Å². The van der Waals surface area contributed by atoms with Crippen LogP contribution in [0, 0.1) is 0 Å². The van der Waals surface area contributed by atoms with E-state index in [1.54, 1.807) is 0 Å². The highest BCUT2D eigenvalue weighted by Crippen LogP contribution is 2.13. The van der Waals surface area contributed by atoms with Gasteiger partial charge in [0.05, 0.1) is 18.8 Å². The highest BCUT2D eigenvalue weighted by atomic mass is 16.2. The van der Waals surface area contributed by atoms with Crippen LogP contribution in [0.4, 0.5) is 4.79 Å². The normalized spacial score (nSPS) is 16.6. The summed E-state index contributed by atoms with van der Waals surface area (Å²) < 4.78 is 1.91. The molecule has 1 fully saturated rings. The fourth-order valence-electron chi connectivity index (χ4n) is 3.09. The molecule has 1 atom stereocenters. The Hall–Kier alpha value is -2.34. The fourth-order valence-corrected chi connectivity index (χ4v) is 3.09. The van der Waals surface area contributed by atoms with E-state index in [1.165, 1.54) is 5.56 Å². The third kappa shape index (κ3) is 4.60. The van der Waals surface area contributed by atoms with Gasteiger partial charge in [0.15, 0.2) is 0 Å². The molecule has 1 unspecified atom stereocenters. The lowest BCUT2D eigenvalue weighted by molar-refractivity contribution is 0.141. The molecule has 0 saturated carbocycles. The number of benzene rings is 1. The second-order valence-electron chi connectivity index (χ2n) is 6.55. The number of likely N-dealkylation sites (N-methyl/N-ethyl adjacent to an activating group) is 1. The molecule has 3 rings (SSSR count). The van der Waals surface area contributed by atoms with E-state index in [2.05, 4.69) is 34.4 Å². The average Bonchev–Trinajstić information content (AvgIpc) is 3.11. The van der Waals surface area contributed by atoms with Crippen LogP contribution in [-0.2, 0) is 6.54 Å². The van der Waals surface area contributed by atoms with Crippen molar-refractivity contribution in [3.05, 3.63) is 53.9 Å². The summed E-state index contributed by atoms with van der Waals surface area (Å²) in [5.74, 6) is 0. The molecule has 1 N–H and O–H groups in total. The van der Waals surface area contributed by atoms with E-state index in [9.17, 15) is 4.79 Å². The van der Waals surface area contributed by atoms with Crippen molar-refractivity contribution in [3.8, 4) is 0 Å². The summed E-state index contributed by atoms with van der Waals surface area (Å²) in [4.78, 5) is 16.7. The second kappa shape index (κ2) is 8.16. The molecule has 1 aliphatic rings. The lowest BCUT2D eigenvalue weighted by Gasteiger charge is -2.34. The van der Waals surface area contributed by atoms with Crippen molar-refractivity contribution in [2.75, 3.05) is 32.7 Å². The topological polar surface area (TPSA) is 53.4 Å². The number of carbonyl (C=O) groups excluding carboxylic acids is 1. The fraction of sp³-hybridized carbons (Fsp3) is 0.474. The lowest BCUT2D eigenvalue weighted by Crippen LogP contribution is -2.51. The highest BCUT2D eigenvalue weighted by Gasteiger charge is 2.21. The Morgan fingerprint density at radius 2 is 1.92 bits per heavy atom. The second-order valence-corrected chi connectivity index (χ2v) is 6.55. The standard InChI is InChI=1S/C19H27N5O/c1-3-22-9-11-23(12-10-22)19(25)21-16(2)18-13-20-24(15-18)14-17-7-5-4-6-8-17/h4-8,13,15-16H,3,9-12,14H2,1-2H3,(H,21,25). The number of aromatic nitrogens is 2. The maximum Gasteiger partial charge on any atom is 0.317 e. The van der Waals surface area contributed by atoms with E-state index in [0.717, 1.165) is 44.8 Å². The Balaban J connectivity index is 1.53. The van der Waals surface area contributed by atoms with Crippen LogP contribution in [0.1, 0.15) is 31.0 Å². The number of nitrogens with one attached hydrogen (secondary N) is 1. The quantitative estimate of drug-likeness (QED) is 0.908. The predicted octanol–water partition coefficient (Wildman–Crippen LogP) is 2.34. The Labute approximate surface area is 149 Å². The molecule has 1 aromatic carbocycles. The first-order valence-corrected chi connectivity index (χ1v) is 8.99. The molecule has 1 aliphatic heterocycles. The van der Waals surface area contributed by atoms with Crippen molar-refractivity contribution in [1.82, 2.24) is 24.9 Å². The predicted molar refractivity (Wildman–Crippen MR) is 98.4 cm³/mol. The van der Waals surface area contributed by atoms with Gasteiger partial charge in [-0.1, -0.05) is 37.3 Å². The van der Waals surface area contributed by atoms with E-state index in [0.29, 0.717) is 0 Å². The van der Waals surface area contributed by atoms with Gasteiger partial charge >= 0.3 is 6.03 Å². The maximum atomic E-state index is 12.4. The number of amides is 2. The van der Waals surface area contributed by atoms with Crippen LogP contribution in [-0.4, -0.2) is 58.3 Å². The number of carbonyl (C=O) groups is 1. The summed E-state index contributed by atoms with van der Waals surface area (Å²) in [6, 6.07) is 10.2. The Kier molecular flexibility index (Phi) is 5.71. The van der Waals surface area contributed by atoms with E-state index >= 15 is 0 Å². The van der Waals surface area contributed by atoms with Crippen LogP contribution in [0.2, 0.25) is 0 Å². The van der Waals surface area contributed by atoms with Gasteiger partial charge in [-0.25, -0.2) is 4.79 Å². The van der Waals surface area contributed by atoms with Crippen molar-refractivity contribution in [2.24, 2.45) is 0 Å². The summed E-state index contributed by atoms with van der Waals surface area (Å²) in [5.41, 5.74) is 2.24. The summed E-state index contributed by atoms with van der Waals surface area (Å²) >= 11 is 0. The molecule has 2 amide bonds. The first-order valence-electron chi connectivity index (χ1n) is 8.99. The number of urea groups is 1. The zero-order valence-corrected chi connectivity index (χ0v) is 15.1. The van der Waals surface area contributed by atoms with Gasteiger partial charge in [-0.2, -0.15) is 5.10 Å². The third-order valence-corrected chi connectivity index (χ3v) is 4.79. The number of piperazine rings is 1. The van der Waals surface area contributed by atoms with Crippen molar-refractivity contribution in [3.63, 3.8) is 0 Å². The number of rotatable bonds is 5. The van der Waals surface area contributed by atoms with Gasteiger partial charge < -0.3 is 15.1 Å². The van der Waals surface area contributed by atoms with Gasteiger partial charge in [0, 0.05) is 37.9 Å². The molecule has 0 bridgehead atoms. The molecule has 6 heteroatoms.